The predicted molar refractivity (Wildman–Crippen MR) is 73.1 cm³/mol. The van der Waals surface area contributed by atoms with Crippen LogP contribution in [0.25, 0.3) is 0 Å². The van der Waals surface area contributed by atoms with Crippen molar-refractivity contribution in [1.82, 2.24) is 15.5 Å². The standard InChI is InChI=1S/C12H21N3O3.ClH/c16-10-7-13-5-9(10)6-14-11(17)8-15-4-2-1-3-12(15)18;/h9-10,13,16H,1-8H2,(H,14,17);1H. The number of β-amino-alcohol motifs (C(OH)–C–C–N with tert-alkyl or cyclic N) is 1. The van der Waals surface area contributed by atoms with E-state index in [0.29, 0.717) is 26.1 Å². The van der Waals surface area contributed by atoms with Crippen LogP contribution in [0.5, 0.6) is 0 Å². The summed E-state index contributed by atoms with van der Waals surface area (Å²) < 4.78 is 0. The van der Waals surface area contributed by atoms with E-state index in [2.05, 4.69) is 10.6 Å². The maximum absolute atomic E-state index is 11.7. The van der Waals surface area contributed by atoms with Crippen molar-refractivity contribution < 1.29 is 14.7 Å². The average Bonchev–Trinajstić information content (AvgIpc) is 2.75. The van der Waals surface area contributed by atoms with Crippen LogP contribution < -0.4 is 10.6 Å². The minimum atomic E-state index is -0.387. The summed E-state index contributed by atoms with van der Waals surface area (Å²) in [5, 5.41) is 15.4. The SMILES string of the molecule is Cl.O=C(CN1CCCCC1=O)NCC1CNCC1O. The molecule has 2 atom stereocenters. The number of halogens is 1. The molecule has 2 rings (SSSR count). The van der Waals surface area contributed by atoms with E-state index >= 15 is 0 Å². The minimum absolute atomic E-state index is 0. The zero-order chi connectivity index (χ0) is 13.0. The Balaban J connectivity index is 0.00000180. The van der Waals surface area contributed by atoms with Crippen LogP contribution in [0.3, 0.4) is 0 Å². The molecule has 2 aliphatic rings. The highest BCUT2D eigenvalue weighted by Gasteiger charge is 2.26. The number of hydrogen-bond acceptors (Lipinski definition) is 4. The van der Waals surface area contributed by atoms with Gasteiger partial charge in [0.05, 0.1) is 12.6 Å². The van der Waals surface area contributed by atoms with Crippen LogP contribution in [0.15, 0.2) is 0 Å². The third kappa shape index (κ3) is 4.63. The van der Waals surface area contributed by atoms with Crippen molar-refractivity contribution in [3.05, 3.63) is 0 Å². The van der Waals surface area contributed by atoms with Crippen LogP contribution in [0.4, 0.5) is 0 Å². The van der Waals surface area contributed by atoms with Crippen molar-refractivity contribution in [2.75, 3.05) is 32.7 Å². The van der Waals surface area contributed by atoms with Gasteiger partial charge >= 0.3 is 0 Å². The minimum Gasteiger partial charge on any atom is -0.391 e. The van der Waals surface area contributed by atoms with E-state index in [1.54, 1.807) is 4.90 Å². The number of carbonyl (C=O) groups excluding carboxylic acids is 2. The lowest BCUT2D eigenvalue weighted by Gasteiger charge is -2.26. The number of nitrogens with zero attached hydrogens (tertiary/aromatic N) is 1. The molecule has 7 heteroatoms. The Labute approximate surface area is 119 Å². The summed E-state index contributed by atoms with van der Waals surface area (Å²) in [7, 11) is 0. The largest absolute Gasteiger partial charge is 0.391 e. The van der Waals surface area contributed by atoms with E-state index in [9.17, 15) is 14.7 Å². The van der Waals surface area contributed by atoms with Gasteiger partial charge in [0.15, 0.2) is 0 Å². The molecule has 2 amide bonds. The first-order chi connectivity index (χ1) is 8.66. The highest BCUT2D eigenvalue weighted by atomic mass is 35.5. The highest BCUT2D eigenvalue weighted by molar-refractivity contribution is 5.85. The molecule has 0 bridgehead atoms. The molecule has 0 radical (unpaired) electrons. The Morgan fingerprint density at radius 2 is 2.21 bits per heavy atom. The predicted octanol–water partition coefficient (Wildman–Crippen LogP) is -0.883. The molecule has 19 heavy (non-hydrogen) atoms. The maximum atomic E-state index is 11.7. The smallest absolute Gasteiger partial charge is 0.239 e. The highest BCUT2D eigenvalue weighted by Crippen LogP contribution is 2.10. The molecule has 0 saturated carbocycles. The van der Waals surface area contributed by atoms with Crippen molar-refractivity contribution >= 4 is 24.2 Å². The fourth-order valence-electron chi connectivity index (χ4n) is 2.43. The van der Waals surface area contributed by atoms with E-state index in [1.165, 1.54) is 0 Å². The molecule has 2 unspecified atom stereocenters. The fraction of sp³-hybridized carbons (Fsp3) is 0.833. The van der Waals surface area contributed by atoms with E-state index < -0.39 is 0 Å². The van der Waals surface area contributed by atoms with Crippen molar-refractivity contribution in [3.63, 3.8) is 0 Å². The Hall–Kier alpha value is -0.850. The van der Waals surface area contributed by atoms with Gasteiger partial charge in [-0.25, -0.2) is 0 Å². The summed E-state index contributed by atoms with van der Waals surface area (Å²) in [5.41, 5.74) is 0. The molecular weight excluding hydrogens is 270 g/mol. The zero-order valence-corrected chi connectivity index (χ0v) is 11.7. The topological polar surface area (TPSA) is 81.7 Å². The van der Waals surface area contributed by atoms with Gasteiger partial charge in [0.1, 0.15) is 0 Å². The van der Waals surface area contributed by atoms with Crippen LogP contribution in [-0.2, 0) is 9.59 Å². The lowest BCUT2D eigenvalue weighted by molar-refractivity contribution is -0.137. The summed E-state index contributed by atoms with van der Waals surface area (Å²) in [4.78, 5) is 24.9. The first kappa shape index (κ1) is 16.2. The third-order valence-corrected chi connectivity index (χ3v) is 3.62. The summed E-state index contributed by atoms with van der Waals surface area (Å²) >= 11 is 0. The second kappa shape index (κ2) is 7.67. The monoisotopic (exact) mass is 291 g/mol. The molecule has 0 aromatic rings. The number of hydrogen-bond donors (Lipinski definition) is 3. The molecule has 0 aliphatic carbocycles. The number of rotatable bonds is 4. The van der Waals surface area contributed by atoms with E-state index in [-0.39, 0.29) is 42.8 Å². The van der Waals surface area contributed by atoms with Crippen molar-refractivity contribution in [2.24, 2.45) is 5.92 Å². The maximum Gasteiger partial charge on any atom is 0.239 e. The van der Waals surface area contributed by atoms with Gasteiger partial charge in [0.25, 0.3) is 0 Å². The van der Waals surface area contributed by atoms with E-state index in [4.69, 9.17) is 0 Å². The number of piperidine rings is 1. The van der Waals surface area contributed by atoms with Crippen molar-refractivity contribution in [1.29, 1.82) is 0 Å². The second-order valence-electron chi connectivity index (χ2n) is 5.06. The number of nitrogens with one attached hydrogen (secondary N) is 2. The van der Waals surface area contributed by atoms with Gasteiger partial charge in [0, 0.05) is 38.5 Å². The second-order valence-corrected chi connectivity index (χ2v) is 5.06. The van der Waals surface area contributed by atoms with Gasteiger partial charge in [-0.2, -0.15) is 0 Å². The van der Waals surface area contributed by atoms with Crippen LogP contribution in [0, 0.1) is 5.92 Å². The zero-order valence-electron chi connectivity index (χ0n) is 10.9. The van der Waals surface area contributed by atoms with Gasteiger partial charge in [-0.3, -0.25) is 9.59 Å². The molecule has 2 saturated heterocycles. The first-order valence-corrected chi connectivity index (χ1v) is 6.60. The third-order valence-electron chi connectivity index (χ3n) is 3.62. The molecule has 2 aliphatic heterocycles. The van der Waals surface area contributed by atoms with Gasteiger partial charge < -0.3 is 20.6 Å². The quantitative estimate of drug-likeness (QED) is 0.628. The summed E-state index contributed by atoms with van der Waals surface area (Å²) in [6.45, 7) is 2.61. The lowest BCUT2D eigenvalue weighted by Crippen LogP contribution is -2.44. The molecule has 0 aromatic heterocycles. The van der Waals surface area contributed by atoms with Crippen LogP contribution in [0.2, 0.25) is 0 Å². The first-order valence-electron chi connectivity index (χ1n) is 6.60. The molecule has 3 N–H and O–H groups in total. The van der Waals surface area contributed by atoms with E-state index in [0.717, 1.165) is 19.4 Å². The Kier molecular flexibility index (Phi) is 6.54. The average molecular weight is 292 g/mol. The molecule has 2 fully saturated rings. The van der Waals surface area contributed by atoms with Crippen LogP contribution in [0.1, 0.15) is 19.3 Å². The lowest BCUT2D eigenvalue weighted by atomic mass is 10.1. The molecule has 110 valence electrons. The Morgan fingerprint density at radius 1 is 1.42 bits per heavy atom. The summed E-state index contributed by atoms with van der Waals surface area (Å²) in [6, 6.07) is 0. The molecule has 0 aromatic carbocycles. The number of amides is 2. The molecule has 2 heterocycles. The number of aliphatic hydroxyl groups is 1. The molecule has 0 spiro atoms. The molecule has 6 nitrogen and oxygen atoms in total. The van der Waals surface area contributed by atoms with Crippen LogP contribution >= 0.6 is 12.4 Å². The van der Waals surface area contributed by atoms with Gasteiger partial charge in [-0.1, -0.05) is 0 Å². The van der Waals surface area contributed by atoms with Gasteiger partial charge in [-0.05, 0) is 12.8 Å². The number of carbonyl (C=O) groups is 2. The fourth-order valence-corrected chi connectivity index (χ4v) is 2.43. The van der Waals surface area contributed by atoms with Crippen molar-refractivity contribution in [2.45, 2.75) is 25.4 Å². The Bertz CT molecular complexity index is 327. The summed E-state index contributed by atoms with van der Waals surface area (Å²) in [5.74, 6) is 0.00863. The normalized spacial score (nSPS) is 27.0. The van der Waals surface area contributed by atoms with Crippen LogP contribution in [-0.4, -0.2) is 60.6 Å². The Morgan fingerprint density at radius 3 is 2.84 bits per heavy atom. The van der Waals surface area contributed by atoms with Gasteiger partial charge in [0.2, 0.25) is 11.8 Å². The van der Waals surface area contributed by atoms with Gasteiger partial charge in [-0.15, -0.1) is 12.4 Å². The van der Waals surface area contributed by atoms with E-state index in [1.807, 2.05) is 0 Å². The molecular formula is C12H22ClN3O3. The number of likely N-dealkylation sites (tertiary alicyclic amines) is 1. The summed E-state index contributed by atoms with van der Waals surface area (Å²) in [6.07, 6.45) is 2.07. The van der Waals surface area contributed by atoms with Crippen molar-refractivity contribution in [3.8, 4) is 0 Å². The number of aliphatic hydroxyl groups excluding tert-OH is 1.